The Labute approximate surface area is 198 Å². The standard InChI is InChI=1S/C28H27N3O3/c32-28(33)26(34-25-17-9-15-20-10-7-8-16-23(20)25)19-31-29-18-24(30-31)27(21-11-3-1-4-12-21)22-13-5-2-6-14-22/h1-6,9,11-15,17-18,26-27H,7-8,10,16,19H2,(H,32,33). The molecule has 172 valence electrons. The van der Waals surface area contributed by atoms with Gasteiger partial charge in [-0.25, -0.2) is 4.79 Å². The maximum atomic E-state index is 12.1. The number of benzene rings is 3. The van der Waals surface area contributed by atoms with Crippen molar-refractivity contribution in [3.05, 3.63) is 113 Å². The zero-order valence-corrected chi connectivity index (χ0v) is 18.9. The fraction of sp³-hybridized carbons (Fsp3) is 0.250. The van der Waals surface area contributed by atoms with Gasteiger partial charge < -0.3 is 9.84 Å². The maximum Gasteiger partial charge on any atom is 0.346 e. The molecule has 1 atom stereocenters. The van der Waals surface area contributed by atoms with Gasteiger partial charge in [0, 0.05) is 0 Å². The predicted octanol–water partition coefficient (Wildman–Crippen LogP) is 4.87. The van der Waals surface area contributed by atoms with E-state index in [1.165, 1.54) is 10.4 Å². The summed E-state index contributed by atoms with van der Waals surface area (Å²) in [5.74, 6) is -0.472. The Morgan fingerprint density at radius 2 is 1.59 bits per heavy atom. The van der Waals surface area contributed by atoms with E-state index in [1.807, 2.05) is 48.5 Å². The monoisotopic (exact) mass is 453 g/mol. The van der Waals surface area contributed by atoms with Crippen LogP contribution in [0.2, 0.25) is 0 Å². The van der Waals surface area contributed by atoms with Gasteiger partial charge in [-0.1, -0.05) is 72.8 Å². The first-order valence-electron chi connectivity index (χ1n) is 11.7. The third kappa shape index (κ3) is 4.71. The van der Waals surface area contributed by atoms with Crippen molar-refractivity contribution in [2.24, 2.45) is 0 Å². The van der Waals surface area contributed by atoms with E-state index in [-0.39, 0.29) is 12.5 Å². The van der Waals surface area contributed by atoms with Crippen LogP contribution in [0.25, 0.3) is 0 Å². The van der Waals surface area contributed by atoms with E-state index in [1.54, 1.807) is 6.20 Å². The second-order valence-electron chi connectivity index (χ2n) is 8.62. The molecule has 5 rings (SSSR count). The molecule has 6 heteroatoms. The van der Waals surface area contributed by atoms with E-state index in [9.17, 15) is 9.90 Å². The van der Waals surface area contributed by atoms with Crippen LogP contribution < -0.4 is 4.74 Å². The molecule has 1 aromatic heterocycles. The van der Waals surface area contributed by atoms with Crippen molar-refractivity contribution >= 4 is 5.97 Å². The summed E-state index contributed by atoms with van der Waals surface area (Å²) < 4.78 is 6.02. The molecule has 0 radical (unpaired) electrons. The number of aromatic nitrogens is 3. The second-order valence-corrected chi connectivity index (χ2v) is 8.62. The topological polar surface area (TPSA) is 77.2 Å². The van der Waals surface area contributed by atoms with Crippen LogP contribution in [0.4, 0.5) is 0 Å². The Bertz CT molecular complexity index is 1210. The van der Waals surface area contributed by atoms with Crippen molar-refractivity contribution in [1.82, 2.24) is 15.0 Å². The number of fused-ring (bicyclic) bond motifs is 1. The highest BCUT2D eigenvalue weighted by Crippen LogP contribution is 2.31. The van der Waals surface area contributed by atoms with E-state index in [4.69, 9.17) is 4.74 Å². The molecule has 0 amide bonds. The van der Waals surface area contributed by atoms with Crippen molar-refractivity contribution in [2.45, 2.75) is 44.2 Å². The van der Waals surface area contributed by atoms with Crippen LogP contribution in [0, 0.1) is 0 Å². The summed E-state index contributed by atoms with van der Waals surface area (Å²) in [6.07, 6.45) is 4.80. The predicted molar refractivity (Wildman–Crippen MR) is 129 cm³/mol. The summed E-state index contributed by atoms with van der Waals surface area (Å²) in [6.45, 7) is 0.0231. The zero-order chi connectivity index (χ0) is 23.3. The summed E-state index contributed by atoms with van der Waals surface area (Å²) in [7, 11) is 0. The van der Waals surface area contributed by atoms with Crippen molar-refractivity contribution in [3.63, 3.8) is 0 Å². The number of rotatable bonds is 8. The Morgan fingerprint density at radius 1 is 0.912 bits per heavy atom. The highest BCUT2D eigenvalue weighted by Gasteiger charge is 2.26. The van der Waals surface area contributed by atoms with Crippen molar-refractivity contribution in [2.75, 3.05) is 0 Å². The van der Waals surface area contributed by atoms with Crippen LogP contribution in [0.1, 0.15) is 46.7 Å². The van der Waals surface area contributed by atoms with Crippen LogP contribution in [-0.2, 0) is 24.2 Å². The van der Waals surface area contributed by atoms with E-state index in [2.05, 4.69) is 40.5 Å². The van der Waals surface area contributed by atoms with Gasteiger partial charge in [-0.15, -0.1) is 0 Å². The average molecular weight is 454 g/mol. The number of aryl methyl sites for hydroxylation is 1. The molecule has 0 saturated heterocycles. The smallest absolute Gasteiger partial charge is 0.346 e. The molecule has 1 heterocycles. The summed E-state index contributed by atoms with van der Waals surface area (Å²) in [4.78, 5) is 13.5. The van der Waals surface area contributed by atoms with Gasteiger partial charge in [-0.05, 0) is 54.0 Å². The largest absolute Gasteiger partial charge is 0.478 e. The van der Waals surface area contributed by atoms with Gasteiger partial charge in [0.15, 0.2) is 0 Å². The van der Waals surface area contributed by atoms with E-state index >= 15 is 0 Å². The first-order chi connectivity index (χ1) is 16.7. The number of ether oxygens (including phenoxy) is 1. The number of carboxylic acids is 1. The van der Waals surface area contributed by atoms with E-state index < -0.39 is 12.1 Å². The maximum absolute atomic E-state index is 12.1. The van der Waals surface area contributed by atoms with Gasteiger partial charge in [-0.2, -0.15) is 15.0 Å². The number of aliphatic carboxylic acids is 1. The van der Waals surface area contributed by atoms with Crippen molar-refractivity contribution in [1.29, 1.82) is 0 Å². The molecular weight excluding hydrogens is 426 g/mol. The van der Waals surface area contributed by atoms with Crippen LogP contribution in [0.5, 0.6) is 5.75 Å². The number of hydrogen-bond acceptors (Lipinski definition) is 4. The summed E-state index contributed by atoms with van der Waals surface area (Å²) in [6, 6.07) is 26.2. The van der Waals surface area contributed by atoms with Gasteiger partial charge in [-0.3, -0.25) is 0 Å². The SMILES string of the molecule is O=C(O)C(Cn1ncc(C(c2ccccc2)c2ccccc2)n1)Oc1cccc2c1CCCC2. The molecule has 0 saturated carbocycles. The molecule has 1 unspecified atom stereocenters. The van der Waals surface area contributed by atoms with E-state index in [0.29, 0.717) is 5.75 Å². The number of carboxylic acid groups (broad SMARTS) is 1. The van der Waals surface area contributed by atoms with E-state index in [0.717, 1.165) is 48.1 Å². The van der Waals surface area contributed by atoms with Gasteiger partial charge in [0.05, 0.1) is 17.8 Å². The summed E-state index contributed by atoms with van der Waals surface area (Å²) >= 11 is 0. The molecule has 34 heavy (non-hydrogen) atoms. The van der Waals surface area contributed by atoms with Gasteiger partial charge in [0.1, 0.15) is 12.3 Å². The molecular formula is C28H27N3O3. The molecule has 0 aliphatic heterocycles. The highest BCUT2D eigenvalue weighted by molar-refractivity contribution is 5.72. The fourth-order valence-corrected chi connectivity index (χ4v) is 4.68. The third-order valence-corrected chi connectivity index (χ3v) is 6.34. The molecule has 0 bridgehead atoms. The third-order valence-electron chi connectivity index (χ3n) is 6.34. The normalized spacial score (nSPS) is 13.9. The van der Waals surface area contributed by atoms with Crippen LogP contribution >= 0.6 is 0 Å². The number of nitrogens with zero attached hydrogens (tertiary/aromatic N) is 3. The molecule has 0 fully saturated rings. The molecule has 1 N–H and O–H groups in total. The van der Waals surface area contributed by atoms with Gasteiger partial charge >= 0.3 is 5.97 Å². The Balaban J connectivity index is 1.40. The van der Waals surface area contributed by atoms with Crippen LogP contribution in [0.15, 0.2) is 85.1 Å². The lowest BCUT2D eigenvalue weighted by Crippen LogP contribution is -2.33. The lowest BCUT2D eigenvalue weighted by atomic mass is 9.89. The van der Waals surface area contributed by atoms with Crippen LogP contribution in [-0.4, -0.2) is 32.2 Å². The first kappa shape index (κ1) is 21.9. The molecule has 1 aliphatic carbocycles. The molecule has 0 spiro atoms. The minimum Gasteiger partial charge on any atom is -0.478 e. The second kappa shape index (κ2) is 9.91. The van der Waals surface area contributed by atoms with Crippen molar-refractivity contribution < 1.29 is 14.6 Å². The molecule has 4 aromatic rings. The number of hydrogen-bond donors (Lipinski definition) is 1. The Morgan fingerprint density at radius 3 is 2.26 bits per heavy atom. The Kier molecular flexibility index (Phi) is 6.38. The van der Waals surface area contributed by atoms with Crippen LogP contribution in [0.3, 0.4) is 0 Å². The molecule has 6 nitrogen and oxygen atoms in total. The molecule has 1 aliphatic rings. The number of carbonyl (C=O) groups is 1. The van der Waals surface area contributed by atoms with Gasteiger partial charge in [0.25, 0.3) is 0 Å². The van der Waals surface area contributed by atoms with Gasteiger partial charge in [0.2, 0.25) is 6.10 Å². The minimum atomic E-state index is -1.08. The quantitative estimate of drug-likeness (QED) is 0.412. The minimum absolute atomic E-state index is 0.0231. The van der Waals surface area contributed by atoms with Crippen molar-refractivity contribution in [3.8, 4) is 5.75 Å². The zero-order valence-electron chi connectivity index (χ0n) is 18.9. The molecule has 3 aromatic carbocycles. The average Bonchev–Trinajstić information content (AvgIpc) is 3.33. The summed E-state index contributed by atoms with van der Waals surface area (Å²) in [5.41, 5.74) is 5.34. The summed E-state index contributed by atoms with van der Waals surface area (Å²) in [5, 5.41) is 19.0. The first-order valence-corrected chi connectivity index (χ1v) is 11.7. The fourth-order valence-electron chi connectivity index (χ4n) is 4.68. The Hall–Kier alpha value is -3.93. The highest BCUT2D eigenvalue weighted by atomic mass is 16.5. The lowest BCUT2D eigenvalue weighted by Gasteiger charge is -2.22. The lowest BCUT2D eigenvalue weighted by molar-refractivity contribution is -0.146.